The molecule has 1 saturated heterocycles. The Balaban J connectivity index is 0.00000189. The Hall–Kier alpha value is -4.37. The van der Waals surface area contributed by atoms with Gasteiger partial charge in [-0.3, -0.25) is 4.79 Å². The third kappa shape index (κ3) is 7.24. The van der Waals surface area contributed by atoms with Gasteiger partial charge < -0.3 is 30.4 Å². The van der Waals surface area contributed by atoms with Gasteiger partial charge in [-0.2, -0.15) is 0 Å². The van der Waals surface area contributed by atoms with Crippen LogP contribution in [0.4, 0.5) is 5.82 Å². The van der Waals surface area contributed by atoms with Crippen LogP contribution in [0.15, 0.2) is 61.1 Å². The summed E-state index contributed by atoms with van der Waals surface area (Å²) in [6.07, 6.45) is 7.72. The molecular weight excluding hydrogens is 516 g/mol. The number of amides is 1. The van der Waals surface area contributed by atoms with Crippen molar-refractivity contribution in [1.29, 1.82) is 0 Å². The fourth-order valence-corrected chi connectivity index (χ4v) is 4.99. The van der Waals surface area contributed by atoms with Gasteiger partial charge in [0.15, 0.2) is 0 Å². The van der Waals surface area contributed by atoms with Gasteiger partial charge in [-0.1, -0.05) is 26.0 Å². The van der Waals surface area contributed by atoms with Crippen LogP contribution in [0.1, 0.15) is 54.0 Å². The average Bonchev–Trinajstić information content (AvgIpc) is 3.52. The number of rotatable bonds is 9. The summed E-state index contributed by atoms with van der Waals surface area (Å²) in [4.78, 5) is 23.1. The van der Waals surface area contributed by atoms with Crippen molar-refractivity contribution >= 4 is 11.7 Å². The van der Waals surface area contributed by atoms with Crippen LogP contribution in [0, 0.1) is 13.8 Å². The van der Waals surface area contributed by atoms with Crippen LogP contribution in [0.25, 0.3) is 11.1 Å². The summed E-state index contributed by atoms with van der Waals surface area (Å²) in [7, 11) is 2.12. The molecule has 1 aliphatic heterocycles. The van der Waals surface area contributed by atoms with E-state index in [0.717, 1.165) is 54.0 Å². The molecule has 1 atom stereocenters. The highest BCUT2D eigenvalue weighted by molar-refractivity contribution is 6.04. The first-order valence-electron chi connectivity index (χ1n) is 14.1. The number of benzene rings is 2. The number of aryl methyl sites for hydroxylation is 2. The summed E-state index contributed by atoms with van der Waals surface area (Å²) in [6.45, 7) is 9.98. The Bertz CT molecular complexity index is 1460. The van der Waals surface area contributed by atoms with Crippen molar-refractivity contribution < 1.29 is 14.3 Å². The molecule has 0 bridgehead atoms. The number of hydrogen-bond donors (Lipinski definition) is 2. The maximum Gasteiger partial charge on any atom is 0.253 e. The number of nitrogens with zero attached hydrogens (tertiary/aromatic N) is 4. The third-order valence-electron chi connectivity index (χ3n) is 7.11. The van der Waals surface area contributed by atoms with E-state index in [-0.39, 0.29) is 0 Å². The lowest BCUT2D eigenvalue weighted by molar-refractivity contribution is 0.100. The summed E-state index contributed by atoms with van der Waals surface area (Å²) in [5.74, 6) is 2.60. The maximum atomic E-state index is 12.3. The van der Waals surface area contributed by atoms with Gasteiger partial charge in [0.25, 0.3) is 5.91 Å². The highest BCUT2D eigenvalue weighted by atomic mass is 16.5. The van der Waals surface area contributed by atoms with Gasteiger partial charge in [0, 0.05) is 48.4 Å². The second-order valence-electron chi connectivity index (χ2n) is 10.1. The van der Waals surface area contributed by atoms with Crippen LogP contribution in [-0.2, 0) is 13.2 Å². The summed E-state index contributed by atoms with van der Waals surface area (Å²) in [5, 5.41) is 0. The molecule has 4 aromatic rings. The first-order valence-corrected chi connectivity index (χ1v) is 14.1. The van der Waals surface area contributed by atoms with Crippen LogP contribution in [0.5, 0.6) is 17.2 Å². The van der Waals surface area contributed by atoms with Crippen LogP contribution in [-0.4, -0.2) is 45.0 Å². The number of anilines is 1. The van der Waals surface area contributed by atoms with Crippen LogP contribution >= 0.6 is 0 Å². The van der Waals surface area contributed by atoms with Gasteiger partial charge >= 0.3 is 0 Å². The molecule has 9 nitrogen and oxygen atoms in total. The van der Waals surface area contributed by atoms with Crippen molar-refractivity contribution in [2.45, 2.75) is 59.7 Å². The van der Waals surface area contributed by atoms with E-state index in [1.165, 1.54) is 0 Å². The van der Waals surface area contributed by atoms with E-state index in [1.54, 1.807) is 12.4 Å². The number of likely N-dealkylation sites (tertiary alicyclic amines) is 1. The van der Waals surface area contributed by atoms with E-state index in [0.29, 0.717) is 41.3 Å². The number of carbonyl (C=O) groups excluding carboxylic acids is 1. The Morgan fingerprint density at radius 1 is 1.02 bits per heavy atom. The van der Waals surface area contributed by atoms with Crippen molar-refractivity contribution in [3.8, 4) is 28.4 Å². The molecule has 4 N–H and O–H groups in total. The Morgan fingerprint density at radius 2 is 1.71 bits per heavy atom. The average molecular weight is 557 g/mol. The monoisotopic (exact) mass is 556 g/mol. The molecule has 41 heavy (non-hydrogen) atoms. The first-order chi connectivity index (χ1) is 19.8. The van der Waals surface area contributed by atoms with E-state index in [2.05, 4.69) is 21.9 Å². The minimum atomic E-state index is -0.536. The summed E-state index contributed by atoms with van der Waals surface area (Å²) < 4.78 is 14.0. The maximum absolute atomic E-state index is 12.3. The van der Waals surface area contributed by atoms with Gasteiger partial charge in [0.05, 0.1) is 5.56 Å². The van der Waals surface area contributed by atoms with E-state index in [9.17, 15) is 4.79 Å². The lowest BCUT2D eigenvalue weighted by Crippen LogP contribution is -2.29. The van der Waals surface area contributed by atoms with Crippen molar-refractivity contribution in [1.82, 2.24) is 19.4 Å². The molecule has 0 unspecified atom stereocenters. The van der Waals surface area contributed by atoms with E-state index < -0.39 is 5.91 Å². The van der Waals surface area contributed by atoms with Gasteiger partial charge in [0.2, 0.25) is 0 Å². The molecule has 0 spiro atoms. The summed E-state index contributed by atoms with van der Waals surface area (Å²) in [6, 6.07) is 13.7. The minimum Gasteiger partial charge on any atom is -0.489 e. The van der Waals surface area contributed by atoms with Crippen molar-refractivity contribution in [3.05, 3.63) is 83.6 Å². The largest absolute Gasteiger partial charge is 0.489 e. The number of ether oxygens (including phenoxy) is 2. The molecule has 9 heteroatoms. The Kier molecular flexibility index (Phi) is 9.62. The minimum absolute atomic E-state index is 0.351. The number of carbonyl (C=O) groups is 1. The van der Waals surface area contributed by atoms with Crippen LogP contribution < -0.4 is 20.9 Å². The first kappa shape index (κ1) is 29.6. The predicted molar refractivity (Wildman–Crippen MR) is 162 cm³/mol. The molecular formula is C32H40N6O3. The molecule has 2 aromatic carbocycles. The fourth-order valence-electron chi connectivity index (χ4n) is 4.99. The highest BCUT2D eigenvalue weighted by Crippen LogP contribution is 2.34. The molecule has 1 amide bonds. The van der Waals surface area contributed by atoms with Crippen LogP contribution in [0.2, 0.25) is 0 Å². The van der Waals surface area contributed by atoms with Crippen molar-refractivity contribution in [2.75, 3.05) is 19.3 Å². The zero-order valence-corrected chi connectivity index (χ0v) is 24.6. The predicted octanol–water partition coefficient (Wildman–Crippen LogP) is 5.73. The number of likely N-dealkylation sites (N-methyl/N-ethyl adjacent to an activating group) is 1. The quantitative estimate of drug-likeness (QED) is 0.270. The molecule has 2 aromatic heterocycles. The number of nitrogens with two attached hydrogens (primary N) is 2. The smallest absolute Gasteiger partial charge is 0.253 e. The SMILES string of the molecule is CC.Cc1cc(OCc2cnc(C)nc2)cc(Oc2ccc(-c3cn(C[C@H]4CCCN4C)c(N)c3C(N)=O)cc2)c1. The number of hydrogen-bond acceptors (Lipinski definition) is 7. The number of aromatic nitrogens is 3. The number of primary amides is 1. The second-order valence-corrected chi connectivity index (χ2v) is 10.1. The number of nitrogen functional groups attached to an aromatic ring is 1. The van der Waals surface area contributed by atoms with Gasteiger partial charge in [-0.05, 0) is 75.7 Å². The van der Waals surface area contributed by atoms with Crippen molar-refractivity contribution in [2.24, 2.45) is 5.73 Å². The molecule has 0 saturated carbocycles. The molecule has 1 aliphatic rings. The zero-order valence-electron chi connectivity index (χ0n) is 24.6. The van der Waals surface area contributed by atoms with E-state index in [4.69, 9.17) is 20.9 Å². The van der Waals surface area contributed by atoms with E-state index in [1.807, 2.05) is 80.9 Å². The zero-order chi connectivity index (χ0) is 29.5. The summed E-state index contributed by atoms with van der Waals surface area (Å²) >= 11 is 0. The van der Waals surface area contributed by atoms with Gasteiger partial charge in [-0.25, -0.2) is 9.97 Å². The standard InChI is InChI=1S/C30H34N6O3.C2H6/c1-19-11-25(38-18-21-14-33-20(2)34-15-21)13-26(12-19)39-24-8-6-22(7-9-24)27-17-36(29(31)28(27)30(32)37)16-23-5-4-10-35(23)3;1-2/h6-9,11-15,17,23H,4-5,10,16,18,31H2,1-3H3,(H2,32,37);1-2H3/t23-;/m1./s1. The van der Waals surface area contributed by atoms with Crippen molar-refractivity contribution in [3.63, 3.8) is 0 Å². The molecule has 216 valence electrons. The Morgan fingerprint density at radius 3 is 2.34 bits per heavy atom. The molecule has 0 radical (unpaired) electrons. The van der Waals surface area contributed by atoms with Gasteiger partial charge in [0.1, 0.15) is 35.5 Å². The molecule has 3 heterocycles. The summed E-state index contributed by atoms with van der Waals surface area (Å²) in [5.41, 5.74) is 16.0. The lowest BCUT2D eigenvalue weighted by atomic mass is 10.0. The second kappa shape index (κ2) is 13.3. The van der Waals surface area contributed by atoms with Crippen LogP contribution in [0.3, 0.4) is 0 Å². The topological polar surface area (TPSA) is 122 Å². The van der Waals surface area contributed by atoms with Gasteiger partial charge in [-0.15, -0.1) is 0 Å². The third-order valence-corrected chi connectivity index (χ3v) is 7.11. The highest BCUT2D eigenvalue weighted by Gasteiger charge is 2.25. The molecule has 0 aliphatic carbocycles. The normalized spacial score (nSPS) is 14.8. The lowest BCUT2D eigenvalue weighted by Gasteiger charge is -2.20. The molecule has 1 fully saturated rings. The molecule has 5 rings (SSSR count). The fraction of sp³-hybridized carbons (Fsp3) is 0.344. The van der Waals surface area contributed by atoms with E-state index >= 15 is 0 Å². The Labute approximate surface area is 242 Å².